The average molecular weight is 340 g/mol. The molecule has 3 aromatic heterocycles. The molecule has 3 heterocycles. The maximum Gasteiger partial charge on any atom is 0.433 e. The van der Waals surface area contributed by atoms with Crippen LogP contribution in [0.4, 0.5) is 19.0 Å². The van der Waals surface area contributed by atoms with Crippen molar-refractivity contribution in [3.63, 3.8) is 0 Å². The van der Waals surface area contributed by atoms with Crippen LogP contribution in [0.2, 0.25) is 5.28 Å². The summed E-state index contributed by atoms with van der Waals surface area (Å²) in [5.74, 6) is 0.310. The molecule has 0 unspecified atom stereocenters. The molecule has 0 aromatic carbocycles. The Bertz CT molecular complexity index is 853. The smallest absolute Gasteiger partial charge is 0.365 e. The van der Waals surface area contributed by atoms with Gasteiger partial charge in [-0.05, 0) is 29.8 Å². The van der Waals surface area contributed by atoms with Crippen molar-refractivity contribution in [1.29, 1.82) is 0 Å². The summed E-state index contributed by atoms with van der Waals surface area (Å²) in [7, 11) is 0. The standard InChI is InChI=1S/C14H9ClF3N5/c15-13-22-11-9(4-2-6-20-11)12(23-13)21-7-8-3-1-5-19-10(8)14(16,17)18/h1-6H,7H2,(H,20,21,22,23). The summed E-state index contributed by atoms with van der Waals surface area (Å²) >= 11 is 5.81. The van der Waals surface area contributed by atoms with Gasteiger partial charge in [0.15, 0.2) is 5.65 Å². The number of halogens is 4. The maximum atomic E-state index is 12.9. The summed E-state index contributed by atoms with van der Waals surface area (Å²) in [4.78, 5) is 15.4. The second-order valence-corrected chi connectivity index (χ2v) is 4.92. The lowest BCUT2D eigenvalue weighted by Gasteiger charge is -2.13. The van der Waals surface area contributed by atoms with Crippen LogP contribution in [0, 0.1) is 0 Å². The van der Waals surface area contributed by atoms with Crippen LogP contribution in [0.15, 0.2) is 36.7 Å². The Kier molecular flexibility index (Phi) is 3.99. The van der Waals surface area contributed by atoms with E-state index in [1.807, 2.05) is 0 Å². The molecular weight excluding hydrogens is 331 g/mol. The summed E-state index contributed by atoms with van der Waals surface area (Å²) in [6, 6.07) is 6.18. The van der Waals surface area contributed by atoms with Gasteiger partial charge >= 0.3 is 6.18 Å². The molecule has 0 radical (unpaired) electrons. The number of fused-ring (bicyclic) bond motifs is 1. The van der Waals surface area contributed by atoms with E-state index in [0.29, 0.717) is 16.9 Å². The molecule has 9 heteroatoms. The zero-order chi connectivity index (χ0) is 16.4. The van der Waals surface area contributed by atoms with Gasteiger partial charge in [-0.3, -0.25) is 4.98 Å². The van der Waals surface area contributed by atoms with Gasteiger partial charge in [0.05, 0.1) is 5.39 Å². The van der Waals surface area contributed by atoms with Crippen LogP contribution in [0.5, 0.6) is 0 Å². The molecule has 0 bridgehead atoms. The third kappa shape index (κ3) is 3.31. The molecule has 23 heavy (non-hydrogen) atoms. The van der Waals surface area contributed by atoms with E-state index in [-0.39, 0.29) is 17.4 Å². The minimum absolute atomic E-state index is 0.00627. The van der Waals surface area contributed by atoms with Gasteiger partial charge in [0.2, 0.25) is 5.28 Å². The van der Waals surface area contributed by atoms with Crippen molar-refractivity contribution in [3.05, 3.63) is 53.2 Å². The Morgan fingerprint density at radius 3 is 2.57 bits per heavy atom. The first-order chi connectivity index (χ1) is 10.9. The number of pyridine rings is 2. The van der Waals surface area contributed by atoms with Crippen molar-refractivity contribution in [2.75, 3.05) is 5.32 Å². The monoisotopic (exact) mass is 339 g/mol. The Labute approximate surface area is 133 Å². The SMILES string of the molecule is FC(F)(F)c1ncccc1CNc1nc(Cl)nc2ncccc12. The van der Waals surface area contributed by atoms with Gasteiger partial charge < -0.3 is 5.32 Å². The number of aromatic nitrogens is 4. The molecule has 0 amide bonds. The quantitative estimate of drug-likeness (QED) is 0.737. The van der Waals surface area contributed by atoms with E-state index in [2.05, 4.69) is 25.3 Å². The van der Waals surface area contributed by atoms with Gasteiger partial charge in [-0.1, -0.05) is 6.07 Å². The van der Waals surface area contributed by atoms with E-state index >= 15 is 0 Å². The first-order valence-corrected chi connectivity index (χ1v) is 6.86. The fraction of sp³-hybridized carbons (Fsp3) is 0.143. The zero-order valence-corrected chi connectivity index (χ0v) is 12.2. The minimum Gasteiger partial charge on any atom is -0.365 e. The summed E-state index contributed by atoms with van der Waals surface area (Å²) in [6.07, 6.45) is -1.88. The van der Waals surface area contributed by atoms with E-state index in [4.69, 9.17) is 11.6 Å². The van der Waals surface area contributed by atoms with Crippen molar-refractivity contribution >= 4 is 28.5 Å². The van der Waals surface area contributed by atoms with Crippen molar-refractivity contribution in [2.24, 2.45) is 0 Å². The van der Waals surface area contributed by atoms with Crippen LogP contribution in [-0.2, 0) is 12.7 Å². The fourth-order valence-electron chi connectivity index (χ4n) is 2.09. The molecule has 1 N–H and O–H groups in total. The van der Waals surface area contributed by atoms with Crippen LogP contribution in [0.3, 0.4) is 0 Å². The van der Waals surface area contributed by atoms with Crippen LogP contribution in [0.1, 0.15) is 11.3 Å². The number of rotatable bonds is 3. The molecule has 0 aliphatic rings. The highest BCUT2D eigenvalue weighted by Gasteiger charge is 2.34. The highest BCUT2D eigenvalue weighted by atomic mass is 35.5. The predicted octanol–water partition coefficient (Wildman–Crippen LogP) is 3.70. The topological polar surface area (TPSA) is 63.6 Å². The molecular formula is C14H9ClF3N5. The van der Waals surface area contributed by atoms with E-state index in [1.54, 1.807) is 12.1 Å². The Morgan fingerprint density at radius 1 is 1.04 bits per heavy atom. The lowest BCUT2D eigenvalue weighted by Crippen LogP contribution is -2.14. The lowest BCUT2D eigenvalue weighted by molar-refractivity contribution is -0.141. The third-order valence-corrected chi connectivity index (χ3v) is 3.22. The second-order valence-electron chi connectivity index (χ2n) is 4.58. The summed E-state index contributed by atoms with van der Waals surface area (Å²) in [5.41, 5.74) is -0.570. The molecule has 3 rings (SSSR count). The normalized spacial score (nSPS) is 11.7. The van der Waals surface area contributed by atoms with Gasteiger partial charge in [-0.15, -0.1) is 0 Å². The predicted molar refractivity (Wildman–Crippen MR) is 78.9 cm³/mol. The molecule has 0 atom stereocenters. The Morgan fingerprint density at radius 2 is 1.78 bits per heavy atom. The van der Waals surface area contributed by atoms with E-state index in [9.17, 15) is 13.2 Å². The van der Waals surface area contributed by atoms with Crippen molar-refractivity contribution in [3.8, 4) is 0 Å². The van der Waals surface area contributed by atoms with Gasteiger partial charge in [-0.25, -0.2) is 9.97 Å². The Balaban J connectivity index is 1.93. The summed E-state index contributed by atoms with van der Waals surface area (Å²) in [5, 5.41) is 3.37. The van der Waals surface area contributed by atoms with Crippen molar-refractivity contribution in [2.45, 2.75) is 12.7 Å². The number of nitrogens with one attached hydrogen (secondary N) is 1. The Hall–Kier alpha value is -2.48. The van der Waals surface area contributed by atoms with Crippen LogP contribution >= 0.6 is 11.6 Å². The van der Waals surface area contributed by atoms with Gasteiger partial charge in [0.25, 0.3) is 0 Å². The number of alkyl halides is 3. The second kappa shape index (κ2) is 5.96. The van der Waals surface area contributed by atoms with Gasteiger partial charge in [-0.2, -0.15) is 18.2 Å². The first kappa shape index (κ1) is 15.4. The zero-order valence-electron chi connectivity index (χ0n) is 11.5. The molecule has 0 saturated carbocycles. The first-order valence-electron chi connectivity index (χ1n) is 6.48. The van der Waals surface area contributed by atoms with Gasteiger partial charge in [0.1, 0.15) is 11.5 Å². The van der Waals surface area contributed by atoms with Crippen LogP contribution < -0.4 is 5.32 Å². The lowest BCUT2D eigenvalue weighted by atomic mass is 10.2. The van der Waals surface area contributed by atoms with E-state index < -0.39 is 11.9 Å². The van der Waals surface area contributed by atoms with E-state index in [1.165, 1.54) is 18.3 Å². The molecule has 0 aliphatic heterocycles. The molecule has 0 saturated heterocycles. The molecule has 0 spiro atoms. The summed E-state index contributed by atoms with van der Waals surface area (Å²) in [6.45, 7) is -0.111. The molecule has 118 valence electrons. The average Bonchev–Trinajstić information content (AvgIpc) is 2.52. The molecule has 0 fully saturated rings. The molecule has 0 aliphatic carbocycles. The number of nitrogens with zero attached hydrogens (tertiary/aromatic N) is 4. The summed E-state index contributed by atoms with van der Waals surface area (Å²) < 4.78 is 38.8. The third-order valence-electron chi connectivity index (χ3n) is 3.05. The maximum absolute atomic E-state index is 12.9. The van der Waals surface area contributed by atoms with Crippen LogP contribution in [0.25, 0.3) is 11.0 Å². The minimum atomic E-state index is -4.52. The van der Waals surface area contributed by atoms with Crippen LogP contribution in [-0.4, -0.2) is 19.9 Å². The number of hydrogen-bond donors (Lipinski definition) is 1. The van der Waals surface area contributed by atoms with Gasteiger partial charge in [0, 0.05) is 24.5 Å². The fourth-order valence-corrected chi connectivity index (χ4v) is 2.25. The number of hydrogen-bond acceptors (Lipinski definition) is 5. The van der Waals surface area contributed by atoms with E-state index in [0.717, 1.165) is 6.20 Å². The molecule has 3 aromatic rings. The van der Waals surface area contributed by atoms with Crippen molar-refractivity contribution in [1.82, 2.24) is 19.9 Å². The largest absolute Gasteiger partial charge is 0.433 e. The highest BCUT2D eigenvalue weighted by Crippen LogP contribution is 2.30. The highest BCUT2D eigenvalue weighted by molar-refractivity contribution is 6.28. The molecule has 5 nitrogen and oxygen atoms in total. The van der Waals surface area contributed by atoms with Crippen molar-refractivity contribution < 1.29 is 13.2 Å². The number of anilines is 1.